The second-order valence-electron chi connectivity index (χ2n) is 12.8. The molecule has 0 N–H and O–H groups in total. The number of aromatic nitrogens is 3. The van der Waals surface area contributed by atoms with Crippen LogP contribution in [-0.2, 0) is 25.6 Å². The van der Waals surface area contributed by atoms with Gasteiger partial charge in [0.05, 0.1) is 28.0 Å². The quantitative estimate of drug-likeness (QED) is 0.168. The van der Waals surface area contributed by atoms with Crippen molar-refractivity contribution in [3.63, 3.8) is 0 Å². The summed E-state index contributed by atoms with van der Waals surface area (Å²) in [5.41, 5.74) is 10.9. The van der Waals surface area contributed by atoms with Gasteiger partial charge in [-0.2, -0.15) is 0 Å². The molecule has 0 unspecified atom stereocenters. The minimum absolute atomic E-state index is 0. The Morgan fingerprint density at radius 3 is 2.54 bits per heavy atom. The molecule has 0 atom stereocenters. The molecule has 4 nitrogen and oxygen atoms in total. The van der Waals surface area contributed by atoms with E-state index >= 15 is 0 Å². The number of para-hydroxylation sites is 1. The predicted molar refractivity (Wildman–Crippen MR) is 184 cm³/mol. The zero-order chi connectivity index (χ0) is 30.5. The number of nitrogens with zero attached hydrogens (tertiary/aromatic N) is 3. The van der Waals surface area contributed by atoms with Crippen molar-refractivity contribution in [3.05, 3.63) is 126 Å². The fraction of sp³-hybridized carbons (Fsp3) is 0.220. The first-order valence-corrected chi connectivity index (χ1v) is 15.9. The van der Waals surface area contributed by atoms with Crippen molar-refractivity contribution < 1.29 is 24.5 Å². The average Bonchev–Trinajstić information content (AvgIpc) is 3.83. The number of rotatable bonds is 3. The number of hydrogen-bond acceptors (Lipinski definition) is 3. The van der Waals surface area contributed by atoms with Crippen LogP contribution in [0, 0.1) is 19.1 Å². The Hall–Kier alpha value is -4.31. The molecule has 1 aliphatic carbocycles. The van der Waals surface area contributed by atoms with Crippen LogP contribution in [0.15, 0.2) is 102 Å². The molecule has 1 fully saturated rings. The predicted octanol–water partition coefficient (Wildman–Crippen LogP) is 10.7. The van der Waals surface area contributed by atoms with E-state index in [9.17, 15) is 0 Å². The maximum atomic E-state index is 6.13. The minimum atomic E-state index is -0.0887. The van der Waals surface area contributed by atoms with Gasteiger partial charge in [-0.25, -0.2) is 0 Å². The summed E-state index contributed by atoms with van der Waals surface area (Å²) in [6.45, 7) is 6.60. The third-order valence-corrected chi connectivity index (χ3v) is 9.47. The normalized spacial score (nSPS) is 15.2. The molecule has 4 heterocycles. The van der Waals surface area contributed by atoms with Gasteiger partial charge in [0.15, 0.2) is 0 Å². The second kappa shape index (κ2) is 12.1. The Kier molecular flexibility index (Phi) is 8.00. The van der Waals surface area contributed by atoms with Crippen molar-refractivity contribution >= 4 is 39.0 Å². The van der Waals surface area contributed by atoms with Gasteiger partial charge in [-0.15, -0.1) is 54.1 Å². The third kappa shape index (κ3) is 5.22. The van der Waals surface area contributed by atoms with E-state index in [0.717, 1.165) is 50.1 Å². The first-order valence-electron chi connectivity index (χ1n) is 15.9. The Morgan fingerprint density at radius 2 is 1.72 bits per heavy atom. The number of imidazole rings is 1. The molecule has 1 aliphatic heterocycles. The topological polar surface area (TPSA) is 43.9 Å². The van der Waals surface area contributed by atoms with Gasteiger partial charge in [-0.1, -0.05) is 71.8 Å². The van der Waals surface area contributed by atoms with Gasteiger partial charge in [0.1, 0.15) is 5.58 Å². The van der Waals surface area contributed by atoms with Gasteiger partial charge in [0.25, 0.3) is 0 Å². The fourth-order valence-corrected chi connectivity index (χ4v) is 7.12. The van der Waals surface area contributed by atoms with Crippen molar-refractivity contribution in [2.75, 3.05) is 0 Å². The number of furan rings is 1. The van der Waals surface area contributed by atoms with Crippen molar-refractivity contribution in [1.82, 2.24) is 14.5 Å². The van der Waals surface area contributed by atoms with E-state index in [1.54, 1.807) is 0 Å². The summed E-state index contributed by atoms with van der Waals surface area (Å²) in [7, 11) is 0. The summed E-state index contributed by atoms with van der Waals surface area (Å²) in [4.78, 5) is 9.49. The molecule has 4 aromatic carbocycles. The molecule has 7 aromatic rings. The summed E-state index contributed by atoms with van der Waals surface area (Å²) in [5.74, 6) is 1.67. The smallest absolute Gasteiger partial charge is 0.120 e. The van der Waals surface area contributed by atoms with Crippen LogP contribution in [0.4, 0.5) is 0 Å². The molecular formula is C41H35IrN3O-2. The van der Waals surface area contributed by atoms with Gasteiger partial charge >= 0.3 is 0 Å². The monoisotopic (exact) mass is 778 g/mol. The molecule has 2 aliphatic rings. The molecule has 5 heteroatoms. The SMILES string of the molecule is Cc1ccc2nc(-c3[c-]cccc3)n3c2c1C=CC3(C)C.[Ir].[c-]1ccc2c(oc3ccccc32)c1-c1cc(C2CCCC2)ccn1. The molecule has 1 saturated carbocycles. The maximum Gasteiger partial charge on any atom is 0.120 e. The summed E-state index contributed by atoms with van der Waals surface area (Å²) in [6, 6.07) is 35.6. The Labute approximate surface area is 283 Å². The van der Waals surface area contributed by atoms with Crippen LogP contribution >= 0.6 is 0 Å². The number of aryl methyl sites for hydroxylation is 1. The zero-order valence-electron chi connectivity index (χ0n) is 26.3. The van der Waals surface area contributed by atoms with Crippen molar-refractivity contribution in [2.45, 2.75) is 57.9 Å². The van der Waals surface area contributed by atoms with E-state index in [-0.39, 0.29) is 25.6 Å². The van der Waals surface area contributed by atoms with Crippen LogP contribution in [0.25, 0.3) is 61.7 Å². The Morgan fingerprint density at radius 1 is 0.891 bits per heavy atom. The van der Waals surface area contributed by atoms with Crippen LogP contribution < -0.4 is 0 Å². The number of fused-ring (bicyclic) bond motifs is 3. The van der Waals surface area contributed by atoms with Crippen LogP contribution in [0.1, 0.15) is 62.1 Å². The molecule has 3 aromatic heterocycles. The van der Waals surface area contributed by atoms with E-state index in [1.807, 2.05) is 48.7 Å². The van der Waals surface area contributed by atoms with E-state index in [0.29, 0.717) is 5.92 Å². The first-order chi connectivity index (χ1) is 22.0. The van der Waals surface area contributed by atoms with E-state index < -0.39 is 0 Å². The minimum Gasteiger partial charge on any atom is -0.501 e. The summed E-state index contributed by atoms with van der Waals surface area (Å²) in [5, 5.41) is 2.28. The number of allylic oxidation sites excluding steroid dienone is 1. The molecule has 0 amide bonds. The van der Waals surface area contributed by atoms with Crippen LogP contribution in [0.3, 0.4) is 0 Å². The van der Waals surface area contributed by atoms with Crippen LogP contribution in [0.2, 0.25) is 0 Å². The van der Waals surface area contributed by atoms with E-state index in [1.165, 1.54) is 47.9 Å². The van der Waals surface area contributed by atoms with Gasteiger partial charge in [0, 0.05) is 37.3 Å². The summed E-state index contributed by atoms with van der Waals surface area (Å²) < 4.78 is 8.48. The molecule has 1 radical (unpaired) electrons. The first kappa shape index (κ1) is 30.3. The molecule has 0 saturated heterocycles. The second-order valence-corrected chi connectivity index (χ2v) is 12.8. The molecular weight excluding hydrogens is 743 g/mol. The van der Waals surface area contributed by atoms with E-state index in [4.69, 9.17) is 9.40 Å². The molecule has 0 bridgehead atoms. The zero-order valence-corrected chi connectivity index (χ0v) is 28.7. The Balaban J connectivity index is 0.000000145. The maximum absolute atomic E-state index is 6.13. The van der Waals surface area contributed by atoms with Crippen LogP contribution in [0.5, 0.6) is 0 Å². The molecule has 9 rings (SSSR count). The molecule has 0 spiro atoms. The van der Waals surface area contributed by atoms with Gasteiger partial charge in [0.2, 0.25) is 0 Å². The Bertz CT molecular complexity index is 2220. The summed E-state index contributed by atoms with van der Waals surface area (Å²) in [6.07, 6.45) is 11.7. The molecule has 46 heavy (non-hydrogen) atoms. The van der Waals surface area contributed by atoms with Crippen molar-refractivity contribution in [3.8, 4) is 22.6 Å². The fourth-order valence-electron chi connectivity index (χ4n) is 7.12. The standard InChI is InChI=1S/C22H18NO.C19H17N2.Ir/c1-2-7-15(6-1)16-12-13-23-20(14-16)19-10-5-9-18-17-8-3-4-11-21(17)24-22(18)19;1-13-9-10-16-17-15(13)11-12-19(2,3)21(17)18(20-16)14-7-5-4-6-8-14;/h3-5,8-9,11-15H,1-2,6-7H2;4-7,9-12H,1-3H3;/q2*-1;. The van der Waals surface area contributed by atoms with Gasteiger partial charge < -0.3 is 14.0 Å². The largest absolute Gasteiger partial charge is 0.501 e. The average molecular weight is 778 g/mol. The number of benzene rings is 4. The third-order valence-electron chi connectivity index (χ3n) is 9.47. The van der Waals surface area contributed by atoms with E-state index in [2.05, 4.69) is 97.1 Å². The van der Waals surface area contributed by atoms with Crippen molar-refractivity contribution in [1.29, 1.82) is 0 Å². The van der Waals surface area contributed by atoms with Gasteiger partial charge in [-0.05, 0) is 69.0 Å². The number of pyridine rings is 1. The number of hydrogen-bond donors (Lipinski definition) is 0. The van der Waals surface area contributed by atoms with Crippen LogP contribution in [-0.4, -0.2) is 14.5 Å². The molecule has 231 valence electrons. The summed E-state index contributed by atoms with van der Waals surface area (Å²) >= 11 is 0. The van der Waals surface area contributed by atoms with Gasteiger partial charge in [-0.3, -0.25) is 4.98 Å². The van der Waals surface area contributed by atoms with Crippen molar-refractivity contribution in [2.24, 2.45) is 0 Å².